The fourth-order valence-corrected chi connectivity index (χ4v) is 3.91. The van der Waals surface area contributed by atoms with Crippen LogP contribution in [0.25, 0.3) is 0 Å². The summed E-state index contributed by atoms with van der Waals surface area (Å²) >= 11 is 0. The van der Waals surface area contributed by atoms with Crippen LogP contribution >= 0.6 is 0 Å². The van der Waals surface area contributed by atoms with E-state index in [4.69, 9.17) is 9.52 Å². The third-order valence-corrected chi connectivity index (χ3v) is 5.37. The summed E-state index contributed by atoms with van der Waals surface area (Å²) < 4.78 is 5.34. The first-order valence-corrected chi connectivity index (χ1v) is 8.87. The Balaban J connectivity index is 1.60. The Labute approximate surface area is 147 Å². The van der Waals surface area contributed by atoms with Gasteiger partial charge in [-0.25, -0.2) is 0 Å². The van der Waals surface area contributed by atoms with Crippen LogP contribution < -0.4 is 0 Å². The first-order chi connectivity index (χ1) is 11.9. The van der Waals surface area contributed by atoms with E-state index in [1.165, 1.54) is 0 Å². The maximum Gasteiger partial charge on any atom is 0.289 e. The highest BCUT2D eigenvalue weighted by molar-refractivity contribution is 5.91. The Morgan fingerprint density at radius 2 is 2.04 bits per heavy atom. The summed E-state index contributed by atoms with van der Waals surface area (Å²) in [5.41, 5.74) is 0.0407. The van der Waals surface area contributed by atoms with Crippen molar-refractivity contribution >= 4 is 11.8 Å². The van der Waals surface area contributed by atoms with Gasteiger partial charge in [0, 0.05) is 32.6 Å². The molecule has 2 amide bonds. The molecule has 0 saturated carbocycles. The van der Waals surface area contributed by atoms with Crippen LogP contribution in [0.4, 0.5) is 0 Å². The molecule has 1 aromatic rings. The van der Waals surface area contributed by atoms with Crippen LogP contribution in [0.1, 0.15) is 48.9 Å². The van der Waals surface area contributed by atoms with Crippen molar-refractivity contribution < 1.29 is 24.2 Å². The van der Waals surface area contributed by atoms with E-state index < -0.39 is 6.10 Å². The molecule has 3 rings (SSSR count). The summed E-state index contributed by atoms with van der Waals surface area (Å²) in [5.74, 6) is 0.602. The maximum atomic E-state index is 12.5. The first-order valence-electron chi connectivity index (χ1n) is 8.87. The van der Waals surface area contributed by atoms with E-state index in [2.05, 4.69) is 0 Å². The number of rotatable bonds is 4. The number of aliphatic hydroxyl groups excluding tert-OH is 2. The summed E-state index contributed by atoms with van der Waals surface area (Å²) in [6, 6.07) is 3.21. The average molecular weight is 350 g/mol. The van der Waals surface area contributed by atoms with Crippen molar-refractivity contribution in [2.24, 2.45) is 5.41 Å². The average Bonchev–Trinajstić information content (AvgIpc) is 3.07. The van der Waals surface area contributed by atoms with Crippen molar-refractivity contribution in [3.63, 3.8) is 0 Å². The van der Waals surface area contributed by atoms with Crippen LogP contribution in [-0.4, -0.2) is 64.1 Å². The Bertz CT molecular complexity index is 631. The van der Waals surface area contributed by atoms with Crippen LogP contribution in [0.15, 0.2) is 16.5 Å². The topological polar surface area (TPSA) is 94.2 Å². The molecule has 138 valence electrons. The zero-order valence-corrected chi connectivity index (χ0v) is 14.6. The molecule has 2 saturated heterocycles. The standard InChI is InChI=1S/C18H26N2O5/c1-13(22)10-20-12-18(5-4-16(20)23)6-8-19(9-7-18)17(24)15-3-2-14(11-21)25-15/h2-3,13,21-22H,4-12H2,1H3/t13-/m1/s1. The molecule has 0 bridgehead atoms. The lowest BCUT2D eigenvalue weighted by Crippen LogP contribution is -2.53. The van der Waals surface area contributed by atoms with Gasteiger partial charge in [0.25, 0.3) is 5.91 Å². The predicted octanol–water partition coefficient (Wildman–Crippen LogP) is 0.998. The molecular weight excluding hydrogens is 324 g/mol. The summed E-state index contributed by atoms with van der Waals surface area (Å²) in [6.07, 6.45) is 2.52. The van der Waals surface area contributed by atoms with E-state index in [9.17, 15) is 14.7 Å². The van der Waals surface area contributed by atoms with Gasteiger partial charge in [-0.3, -0.25) is 9.59 Å². The Hall–Kier alpha value is -1.86. The van der Waals surface area contributed by atoms with Crippen molar-refractivity contribution in [3.05, 3.63) is 23.7 Å². The molecule has 7 heteroatoms. The fraction of sp³-hybridized carbons (Fsp3) is 0.667. The third-order valence-electron chi connectivity index (χ3n) is 5.37. The van der Waals surface area contributed by atoms with Gasteiger partial charge in [0.15, 0.2) is 5.76 Å². The van der Waals surface area contributed by atoms with Crippen LogP contribution in [0.5, 0.6) is 0 Å². The van der Waals surface area contributed by atoms with Gasteiger partial charge in [-0.1, -0.05) is 0 Å². The number of carbonyl (C=O) groups is 2. The number of furan rings is 1. The highest BCUT2D eigenvalue weighted by Gasteiger charge is 2.42. The van der Waals surface area contributed by atoms with Crippen LogP contribution in [0.2, 0.25) is 0 Å². The lowest BCUT2D eigenvalue weighted by molar-refractivity contribution is -0.140. The molecular formula is C18H26N2O5. The van der Waals surface area contributed by atoms with Gasteiger partial charge >= 0.3 is 0 Å². The zero-order chi connectivity index (χ0) is 18.0. The minimum absolute atomic E-state index is 0.0407. The van der Waals surface area contributed by atoms with Crippen LogP contribution in [-0.2, 0) is 11.4 Å². The number of β-amino-alcohol motifs (C(OH)–C–C–N with tert-alkyl or cyclic N) is 1. The van der Waals surface area contributed by atoms with Crippen LogP contribution in [0.3, 0.4) is 0 Å². The first kappa shape index (κ1) is 17.9. The van der Waals surface area contributed by atoms with Gasteiger partial charge < -0.3 is 24.4 Å². The largest absolute Gasteiger partial charge is 0.453 e. The molecule has 1 aromatic heterocycles. The predicted molar refractivity (Wildman–Crippen MR) is 89.7 cm³/mol. The molecule has 0 aliphatic carbocycles. The highest BCUT2D eigenvalue weighted by Crippen LogP contribution is 2.40. The van der Waals surface area contributed by atoms with Crippen molar-refractivity contribution in [1.29, 1.82) is 0 Å². The molecule has 7 nitrogen and oxygen atoms in total. The quantitative estimate of drug-likeness (QED) is 0.845. The maximum absolute atomic E-state index is 12.5. The van der Waals surface area contributed by atoms with E-state index in [0.29, 0.717) is 38.4 Å². The smallest absolute Gasteiger partial charge is 0.289 e. The highest BCUT2D eigenvalue weighted by atomic mass is 16.4. The fourth-order valence-electron chi connectivity index (χ4n) is 3.91. The normalized spacial score (nSPS) is 21.6. The SMILES string of the molecule is C[C@@H](O)CN1CC2(CCC1=O)CCN(C(=O)c1ccc(CO)o1)CC2. The molecule has 0 radical (unpaired) electrons. The second kappa shape index (κ2) is 7.17. The van der Waals surface area contributed by atoms with E-state index >= 15 is 0 Å². The number of aliphatic hydroxyl groups is 2. The Kier molecular flexibility index (Phi) is 5.15. The molecule has 0 unspecified atom stereocenters. The molecule has 1 spiro atoms. The second-order valence-electron chi connectivity index (χ2n) is 7.34. The molecule has 2 aliphatic heterocycles. The molecule has 2 fully saturated rings. The van der Waals surface area contributed by atoms with Gasteiger partial charge in [-0.05, 0) is 43.7 Å². The van der Waals surface area contributed by atoms with E-state index in [-0.39, 0.29) is 29.6 Å². The van der Waals surface area contributed by atoms with Crippen molar-refractivity contribution in [1.82, 2.24) is 9.80 Å². The van der Waals surface area contributed by atoms with Gasteiger partial charge in [0.2, 0.25) is 5.91 Å². The number of nitrogens with zero attached hydrogens (tertiary/aromatic N) is 2. The number of likely N-dealkylation sites (tertiary alicyclic amines) is 2. The molecule has 3 heterocycles. The number of hydrogen-bond donors (Lipinski definition) is 2. The summed E-state index contributed by atoms with van der Waals surface area (Å²) in [4.78, 5) is 28.1. The van der Waals surface area contributed by atoms with Gasteiger partial charge in [0.05, 0.1) is 6.10 Å². The summed E-state index contributed by atoms with van der Waals surface area (Å²) in [6.45, 7) is 3.77. The molecule has 25 heavy (non-hydrogen) atoms. The molecule has 2 aliphatic rings. The van der Waals surface area contributed by atoms with Crippen LogP contribution in [0, 0.1) is 5.41 Å². The van der Waals surface area contributed by atoms with E-state index in [1.54, 1.807) is 28.9 Å². The monoisotopic (exact) mass is 350 g/mol. The minimum atomic E-state index is -0.527. The van der Waals surface area contributed by atoms with E-state index in [0.717, 1.165) is 19.3 Å². The molecule has 0 aromatic carbocycles. The minimum Gasteiger partial charge on any atom is -0.453 e. The second-order valence-corrected chi connectivity index (χ2v) is 7.34. The van der Waals surface area contributed by atoms with Crippen molar-refractivity contribution in [2.75, 3.05) is 26.2 Å². The number of carbonyl (C=O) groups excluding carboxylic acids is 2. The molecule has 2 N–H and O–H groups in total. The van der Waals surface area contributed by atoms with Crippen molar-refractivity contribution in [3.8, 4) is 0 Å². The molecule has 1 atom stereocenters. The lowest BCUT2D eigenvalue weighted by atomic mass is 9.72. The van der Waals surface area contributed by atoms with E-state index in [1.807, 2.05) is 0 Å². The van der Waals surface area contributed by atoms with Gasteiger partial charge in [-0.15, -0.1) is 0 Å². The van der Waals surface area contributed by atoms with Gasteiger partial charge in [-0.2, -0.15) is 0 Å². The summed E-state index contributed by atoms with van der Waals surface area (Å²) in [7, 11) is 0. The third kappa shape index (κ3) is 3.88. The number of hydrogen-bond acceptors (Lipinski definition) is 5. The Morgan fingerprint density at radius 1 is 1.32 bits per heavy atom. The van der Waals surface area contributed by atoms with Crippen molar-refractivity contribution in [2.45, 2.75) is 45.3 Å². The number of amides is 2. The number of piperidine rings is 2. The summed E-state index contributed by atoms with van der Waals surface area (Å²) in [5, 5.41) is 18.6. The Morgan fingerprint density at radius 3 is 2.64 bits per heavy atom. The zero-order valence-electron chi connectivity index (χ0n) is 14.6. The lowest BCUT2D eigenvalue weighted by Gasteiger charge is -2.47. The van der Waals surface area contributed by atoms with Gasteiger partial charge in [0.1, 0.15) is 12.4 Å².